The van der Waals surface area contributed by atoms with Crippen molar-refractivity contribution in [3.05, 3.63) is 83.7 Å². The molecule has 0 aromatic heterocycles. The van der Waals surface area contributed by atoms with Gasteiger partial charge in [0.05, 0.1) is 18.6 Å². The molecule has 7 heteroatoms. The van der Waals surface area contributed by atoms with E-state index in [0.717, 1.165) is 16.5 Å². The van der Waals surface area contributed by atoms with Crippen LogP contribution >= 0.6 is 11.8 Å². The van der Waals surface area contributed by atoms with Crippen LogP contribution in [0.5, 0.6) is 5.75 Å². The number of aryl methyl sites for hydroxylation is 1. The summed E-state index contributed by atoms with van der Waals surface area (Å²) in [7, 11) is 1.48. The lowest BCUT2D eigenvalue weighted by Crippen LogP contribution is -2.16. The van der Waals surface area contributed by atoms with E-state index in [1.54, 1.807) is 18.2 Å². The largest absolute Gasteiger partial charge is 0.495 e. The van der Waals surface area contributed by atoms with Gasteiger partial charge in [0.25, 0.3) is 5.91 Å². The molecule has 0 aliphatic carbocycles. The minimum Gasteiger partial charge on any atom is -0.495 e. The average molecular weight is 424 g/mol. The van der Waals surface area contributed by atoms with E-state index in [1.807, 2.05) is 31.2 Å². The van der Waals surface area contributed by atoms with E-state index in [4.69, 9.17) is 4.74 Å². The van der Waals surface area contributed by atoms with Crippen molar-refractivity contribution < 1.29 is 18.7 Å². The van der Waals surface area contributed by atoms with E-state index < -0.39 is 11.7 Å². The molecule has 0 saturated carbocycles. The highest BCUT2D eigenvalue weighted by Gasteiger charge is 2.13. The first-order valence-corrected chi connectivity index (χ1v) is 10.2. The SMILES string of the molecule is COc1ccc(NC(=O)CSc2ccccc2C)cc1NC(=O)c1cccc(F)c1. The predicted molar refractivity (Wildman–Crippen MR) is 118 cm³/mol. The number of anilines is 2. The summed E-state index contributed by atoms with van der Waals surface area (Å²) in [6, 6.07) is 18.2. The van der Waals surface area contributed by atoms with Crippen LogP contribution in [0.3, 0.4) is 0 Å². The zero-order chi connectivity index (χ0) is 21.5. The van der Waals surface area contributed by atoms with E-state index in [2.05, 4.69) is 10.6 Å². The Morgan fingerprint density at radius 3 is 2.53 bits per heavy atom. The lowest BCUT2D eigenvalue weighted by molar-refractivity contribution is -0.113. The van der Waals surface area contributed by atoms with Gasteiger partial charge in [-0.3, -0.25) is 9.59 Å². The number of carbonyl (C=O) groups excluding carboxylic acids is 2. The molecule has 0 saturated heterocycles. The summed E-state index contributed by atoms with van der Waals surface area (Å²) in [5.41, 5.74) is 2.18. The topological polar surface area (TPSA) is 67.4 Å². The van der Waals surface area contributed by atoms with Crippen molar-refractivity contribution >= 4 is 35.0 Å². The number of amides is 2. The van der Waals surface area contributed by atoms with Crippen LogP contribution in [0.25, 0.3) is 0 Å². The van der Waals surface area contributed by atoms with Crippen molar-refractivity contribution in [3.63, 3.8) is 0 Å². The van der Waals surface area contributed by atoms with E-state index in [0.29, 0.717) is 17.1 Å². The summed E-state index contributed by atoms with van der Waals surface area (Å²) in [4.78, 5) is 25.8. The number of hydrogen-bond acceptors (Lipinski definition) is 4. The fourth-order valence-electron chi connectivity index (χ4n) is 2.77. The molecule has 3 aromatic carbocycles. The molecule has 0 spiro atoms. The molecule has 0 aliphatic heterocycles. The number of thioether (sulfide) groups is 1. The van der Waals surface area contributed by atoms with Crippen molar-refractivity contribution in [1.82, 2.24) is 0 Å². The first kappa shape index (κ1) is 21.4. The molecule has 154 valence electrons. The van der Waals surface area contributed by atoms with Gasteiger partial charge in [-0.1, -0.05) is 24.3 Å². The molecule has 3 rings (SSSR count). The van der Waals surface area contributed by atoms with Gasteiger partial charge in [-0.15, -0.1) is 11.8 Å². The van der Waals surface area contributed by atoms with Crippen LogP contribution in [0.2, 0.25) is 0 Å². The summed E-state index contributed by atoms with van der Waals surface area (Å²) >= 11 is 1.45. The summed E-state index contributed by atoms with van der Waals surface area (Å²) in [6.45, 7) is 2.00. The normalized spacial score (nSPS) is 10.4. The number of hydrogen-bond donors (Lipinski definition) is 2. The maximum atomic E-state index is 13.4. The van der Waals surface area contributed by atoms with Crippen molar-refractivity contribution in [3.8, 4) is 5.75 Å². The highest BCUT2D eigenvalue weighted by atomic mass is 32.2. The highest BCUT2D eigenvalue weighted by molar-refractivity contribution is 8.00. The second kappa shape index (κ2) is 9.93. The second-order valence-corrected chi connectivity index (χ2v) is 7.50. The molecule has 0 heterocycles. The van der Waals surface area contributed by atoms with Crippen molar-refractivity contribution in [1.29, 1.82) is 0 Å². The van der Waals surface area contributed by atoms with E-state index in [1.165, 1.54) is 37.1 Å². The van der Waals surface area contributed by atoms with Gasteiger partial charge in [0.1, 0.15) is 11.6 Å². The smallest absolute Gasteiger partial charge is 0.255 e. The molecule has 0 atom stereocenters. The van der Waals surface area contributed by atoms with Gasteiger partial charge >= 0.3 is 0 Å². The predicted octanol–water partition coefficient (Wildman–Crippen LogP) is 5.13. The van der Waals surface area contributed by atoms with E-state index in [9.17, 15) is 14.0 Å². The van der Waals surface area contributed by atoms with Crippen LogP contribution in [0.4, 0.5) is 15.8 Å². The molecule has 30 heavy (non-hydrogen) atoms. The third-order valence-electron chi connectivity index (χ3n) is 4.27. The lowest BCUT2D eigenvalue weighted by atomic mass is 10.2. The Hall–Kier alpha value is -3.32. The summed E-state index contributed by atoms with van der Waals surface area (Å²) in [5, 5.41) is 5.52. The third kappa shape index (κ3) is 5.61. The maximum Gasteiger partial charge on any atom is 0.255 e. The number of rotatable bonds is 7. The number of halogens is 1. The minimum atomic E-state index is -0.498. The van der Waals surface area contributed by atoms with Gasteiger partial charge in [-0.25, -0.2) is 4.39 Å². The van der Waals surface area contributed by atoms with Gasteiger partial charge in [0.2, 0.25) is 5.91 Å². The van der Waals surface area contributed by atoms with Crippen molar-refractivity contribution in [2.75, 3.05) is 23.5 Å². The molecule has 3 aromatic rings. The lowest BCUT2D eigenvalue weighted by Gasteiger charge is -2.13. The molecule has 2 N–H and O–H groups in total. The van der Waals surface area contributed by atoms with Crippen LogP contribution < -0.4 is 15.4 Å². The van der Waals surface area contributed by atoms with Crippen LogP contribution in [-0.2, 0) is 4.79 Å². The fourth-order valence-corrected chi connectivity index (χ4v) is 3.60. The van der Waals surface area contributed by atoms with Gasteiger partial charge in [0, 0.05) is 16.1 Å². The summed E-state index contributed by atoms with van der Waals surface area (Å²) in [5.74, 6) is -0.474. The van der Waals surface area contributed by atoms with Gasteiger partial charge < -0.3 is 15.4 Å². The standard InChI is InChI=1S/C23H21FN2O3S/c1-15-6-3-4-9-21(15)30-14-22(27)25-18-10-11-20(29-2)19(13-18)26-23(28)16-7-5-8-17(24)12-16/h3-13H,14H2,1-2H3,(H,25,27)(H,26,28). The van der Waals surface area contributed by atoms with Crippen molar-refractivity contribution in [2.45, 2.75) is 11.8 Å². The molecule has 2 amide bonds. The molecule has 0 aliphatic rings. The number of methoxy groups -OCH3 is 1. The fraction of sp³-hybridized carbons (Fsp3) is 0.130. The highest BCUT2D eigenvalue weighted by Crippen LogP contribution is 2.29. The van der Waals surface area contributed by atoms with Gasteiger partial charge in [-0.05, 0) is 55.0 Å². The molecule has 0 fully saturated rings. The first-order chi connectivity index (χ1) is 14.5. The summed E-state index contributed by atoms with van der Waals surface area (Å²) < 4.78 is 18.7. The van der Waals surface area contributed by atoms with Crippen molar-refractivity contribution in [2.24, 2.45) is 0 Å². The van der Waals surface area contributed by atoms with Gasteiger partial charge in [-0.2, -0.15) is 0 Å². The van der Waals surface area contributed by atoms with E-state index in [-0.39, 0.29) is 17.2 Å². The number of carbonyl (C=O) groups is 2. The van der Waals surface area contributed by atoms with Crippen LogP contribution in [0.15, 0.2) is 71.6 Å². The monoisotopic (exact) mass is 424 g/mol. The third-order valence-corrected chi connectivity index (χ3v) is 5.45. The zero-order valence-electron chi connectivity index (χ0n) is 16.6. The van der Waals surface area contributed by atoms with E-state index >= 15 is 0 Å². The Morgan fingerprint density at radius 1 is 1.00 bits per heavy atom. The Labute approximate surface area is 178 Å². The Balaban J connectivity index is 1.68. The molecular formula is C23H21FN2O3S. The Morgan fingerprint density at radius 2 is 1.80 bits per heavy atom. The number of benzene rings is 3. The molecule has 0 bridgehead atoms. The van der Waals surface area contributed by atoms with Crippen LogP contribution in [0.1, 0.15) is 15.9 Å². The number of nitrogens with one attached hydrogen (secondary N) is 2. The Kier molecular flexibility index (Phi) is 7.08. The Bertz CT molecular complexity index is 1070. The quantitative estimate of drug-likeness (QED) is 0.516. The molecular weight excluding hydrogens is 403 g/mol. The summed E-state index contributed by atoms with van der Waals surface area (Å²) in [6.07, 6.45) is 0. The maximum absolute atomic E-state index is 13.4. The van der Waals surface area contributed by atoms with Crippen LogP contribution in [0, 0.1) is 12.7 Å². The average Bonchev–Trinajstić information content (AvgIpc) is 2.73. The molecule has 0 radical (unpaired) electrons. The first-order valence-electron chi connectivity index (χ1n) is 9.19. The zero-order valence-corrected chi connectivity index (χ0v) is 17.4. The molecule has 0 unspecified atom stereocenters. The van der Waals surface area contributed by atoms with Crippen LogP contribution in [-0.4, -0.2) is 24.7 Å². The molecule has 5 nitrogen and oxygen atoms in total. The van der Waals surface area contributed by atoms with Gasteiger partial charge in [0.15, 0.2) is 0 Å². The second-order valence-electron chi connectivity index (χ2n) is 6.48. The minimum absolute atomic E-state index is 0.171. The number of ether oxygens (including phenoxy) is 1.